The van der Waals surface area contributed by atoms with Gasteiger partial charge in [0, 0.05) is 6.20 Å². The summed E-state index contributed by atoms with van der Waals surface area (Å²) in [6, 6.07) is 11.7. The maximum absolute atomic E-state index is 6.03. The minimum absolute atomic E-state index is 0.446. The zero-order chi connectivity index (χ0) is 14.8. The lowest BCUT2D eigenvalue weighted by Gasteiger charge is -2.09. The lowest BCUT2D eigenvalue weighted by Crippen LogP contribution is -1.92. The first-order chi connectivity index (χ1) is 10.2. The molecular weight excluding hydrogens is 264 g/mol. The Morgan fingerprint density at radius 2 is 2.05 bits per heavy atom. The number of benzene rings is 1. The summed E-state index contributed by atoms with van der Waals surface area (Å²) >= 11 is 0. The van der Waals surface area contributed by atoms with Gasteiger partial charge in [-0.25, -0.2) is 0 Å². The second-order valence-electron chi connectivity index (χ2n) is 4.76. The maximum atomic E-state index is 6.03. The predicted octanol–water partition coefficient (Wildman–Crippen LogP) is 3.04. The third kappa shape index (κ3) is 2.33. The molecule has 0 aliphatic carbocycles. The fraction of sp³-hybridized carbons (Fsp3) is 0.125. The molecule has 0 spiro atoms. The molecule has 2 heterocycles. The van der Waals surface area contributed by atoms with E-state index in [4.69, 9.17) is 10.5 Å². The molecule has 0 bridgehead atoms. The molecule has 106 valence electrons. The first-order valence-corrected chi connectivity index (χ1v) is 6.61. The normalized spacial score (nSPS) is 10.6. The second kappa shape index (κ2) is 5.28. The summed E-state index contributed by atoms with van der Waals surface area (Å²) in [5, 5.41) is 7.08. The third-order valence-electron chi connectivity index (χ3n) is 3.41. The molecule has 0 aliphatic rings. The Morgan fingerprint density at radius 1 is 1.19 bits per heavy atom. The molecule has 0 fully saturated rings. The van der Waals surface area contributed by atoms with E-state index in [2.05, 4.69) is 15.2 Å². The summed E-state index contributed by atoms with van der Waals surface area (Å²) in [5.41, 5.74) is 10.5. The van der Waals surface area contributed by atoms with E-state index in [0.717, 1.165) is 33.8 Å². The highest BCUT2D eigenvalue weighted by Crippen LogP contribution is 2.36. The van der Waals surface area contributed by atoms with Gasteiger partial charge in [-0.05, 0) is 36.2 Å². The average molecular weight is 280 g/mol. The van der Waals surface area contributed by atoms with Crippen molar-refractivity contribution in [3.8, 4) is 28.3 Å². The van der Waals surface area contributed by atoms with Crippen LogP contribution in [-0.2, 0) is 0 Å². The van der Waals surface area contributed by atoms with Crippen molar-refractivity contribution in [3.05, 3.63) is 48.2 Å². The molecule has 2 aromatic heterocycles. The molecule has 0 amide bonds. The van der Waals surface area contributed by atoms with Crippen molar-refractivity contribution in [2.75, 3.05) is 12.8 Å². The number of pyridine rings is 1. The van der Waals surface area contributed by atoms with E-state index >= 15 is 0 Å². The minimum atomic E-state index is 0.446. The van der Waals surface area contributed by atoms with Gasteiger partial charge in [0.2, 0.25) is 0 Å². The number of nitrogens with two attached hydrogens (primary N) is 1. The molecule has 3 N–H and O–H groups in total. The number of nitrogens with one attached hydrogen (secondary N) is 1. The summed E-state index contributed by atoms with van der Waals surface area (Å²) < 4.78 is 5.38. The zero-order valence-corrected chi connectivity index (χ0v) is 11.9. The van der Waals surface area contributed by atoms with E-state index in [1.165, 1.54) is 0 Å². The van der Waals surface area contributed by atoms with Gasteiger partial charge in [0.25, 0.3) is 0 Å². The van der Waals surface area contributed by atoms with Crippen molar-refractivity contribution in [1.29, 1.82) is 0 Å². The van der Waals surface area contributed by atoms with Gasteiger partial charge in [-0.2, -0.15) is 5.10 Å². The summed E-state index contributed by atoms with van der Waals surface area (Å²) in [6.45, 7) is 2.00. The lowest BCUT2D eigenvalue weighted by molar-refractivity contribution is 0.412. The topological polar surface area (TPSA) is 76.8 Å². The van der Waals surface area contributed by atoms with Crippen LogP contribution in [0.25, 0.3) is 22.5 Å². The van der Waals surface area contributed by atoms with Gasteiger partial charge in [-0.3, -0.25) is 10.1 Å². The Hall–Kier alpha value is -2.82. The van der Waals surface area contributed by atoms with Gasteiger partial charge in [0.15, 0.2) is 5.82 Å². The predicted molar refractivity (Wildman–Crippen MR) is 83.0 cm³/mol. The molecule has 5 heteroatoms. The number of ether oxygens (including phenoxy) is 1. The SMILES string of the molecule is COc1cc(-c2c(N)n[nH]c2-c2ccccn2)ccc1C. The summed E-state index contributed by atoms with van der Waals surface area (Å²) in [4.78, 5) is 4.35. The Labute approximate surface area is 122 Å². The van der Waals surface area contributed by atoms with E-state index in [1.807, 2.05) is 43.3 Å². The second-order valence-corrected chi connectivity index (χ2v) is 4.76. The standard InChI is InChI=1S/C16H16N4O/c1-10-6-7-11(9-13(10)21-2)14-15(19-20-16(14)17)12-5-3-4-8-18-12/h3-9H,1-2H3,(H3,17,19,20). The number of hydrogen-bond donors (Lipinski definition) is 2. The summed E-state index contributed by atoms with van der Waals surface area (Å²) in [6.07, 6.45) is 1.74. The van der Waals surface area contributed by atoms with Gasteiger partial charge >= 0.3 is 0 Å². The van der Waals surface area contributed by atoms with Crippen LogP contribution in [0.5, 0.6) is 5.75 Å². The number of aryl methyl sites for hydroxylation is 1. The van der Waals surface area contributed by atoms with Gasteiger partial charge in [-0.1, -0.05) is 18.2 Å². The highest BCUT2D eigenvalue weighted by Gasteiger charge is 2.16. The Morgan fingerprint density at radius 3 is 2.76 bits per heavy atom. The van der Waals surface area contributed by atoms with Crippen LogP contribution in [0, 0.1) is 6.92 Å². The number of methoxy groups -OCH3 is 1. The largest absolute Gasteiger partial charge is 0.496 e. The van der Waals surface area contributed by atoms with Crippen molar-refractivity contribution >= 4 is 5.82 Å². The first kappa shape index (κ1) is 13.2. The van der Waals surface area contributed by atoms with Crippen molar-refractivity contribution in [1.82, 2.24) is 15.2 Å². The molecule has 1 aromatic carbocycles. The van der Waals surface area contributed by atoms with Crippen molar-refractivity contribution < 1.29 is 4.74 Å². The van der Waals surface area contributed by atoms with E-state index < -0.39 is 0 Å². The fourth-order valence-electron chi connectivity index (χ4n) is 2.32. The van der Waals surface area contributed by atoms with Crippen LogP contribution in [0.1, 0.15) is 5.56 Å². The van der Waals surface area contributed by atoms with Gasteiger partial charge < -0.3 is 10.5 Å². The molecule has 0 radical (unpaired) electrons. The van der Waals surface area contributed by atoms with Crippen LogP contribution in [0.3, 0.4) is 0 Å². The molecule has 0 saturated heterocycles. The highest BCUT2D eigenvalue weighted by atomic mass is 16.5. The van der Waals surface area contributed by atoms with Gasteiger partial charge in [0.05, 0.1) is 24.1 Å². The van der Waals surface area contributed by atoms with E-state index in [-0.39, 0.29) is 0 Å². The monoisotopic (exact) mass is 280 g/mol. The molecule has 3 rings (SSSR count). The molecule has 5 nitrogen and oxygen atoms in total. The van der Waals surface area contributed by atoms with E-state index in [1.54, 1.807) is 13.3 Å². The van der Waals surface area contributed by atoms with E-state index in [0.29, 0.717) is 5.82 Å². The maximum Gasteiger partial charge on any atom is 0.153 e. The third-order valence-corrected chi connectivity index (χ3v) is 3.41. The number of H-pyrrole nitrogens is 1. The Balaban J connectivity index is 2.17. The number of anilines is 1. The molecule has 0 saturated carbocycles. The quantitative estimate of drug-likeness (QED) is 0.773. The molecule has 0 aliphatic heterocycles. The van der Waals surface area contributed by atoms with Crippen LogP contribution < -0.4 is 10.5 Å². The van der Waals surface area contributed by atoms with Crippen LogP contribution in [0.2, 0.25) is 0 Å². The Bertz CT molecular complexity index is 765. The van der Waals surface area contributed by atoms with Crippen LogP contribution in [0.4, 0.5) is 5.82 Å². The van der Waals surface area contributed by atoms with Crippen LogP contribution in [-0.4, -0.2) is 22.3 Å². The fourth-order valence-corrected chi connectivity index (χ4v) is 2.32. The smallest absolute Gasteiger partial charge is 0.153 e. The summed E-state index contributed by atoms with van der Waals surface area (Å²) in [7, 11) is 1.66. The number of nitrogens with zero attached hydrogens (tertiary/aromatic N) is 2. The zero-order valence-electron chi connectivity index (χ0n) is 11.9. The molecule has 0 unspecified atom stereocenters. The lowest BCUT2D eigenvalue weighted by atomic mass is 10.0. The number of aromatic amines is 1. The number of nitrogen functional groups attached to an aromatic ring is 1. The first-order valence-electron chi connectivity index (χ1n) is 6.61. The van der Waals surface area contributed by atoms with Crippen LogP contribution in [0.15, 0.2) is 42.6 Å². The number of aromatic nitrogens is 3. The van der Waals surface area contributed by atoms with Gasteiger partial charge in [0.1, 0.15) is 5.75 Å². The average Bonchev–Trinajstić information content (AvgIpc) is 2.90. The minimum Gasteiger partial charge on any atom is -0.496 e. The highest BCUT2D eigenvalue weighted by molar-refractivity contribution is 5.87. The molecule has 21 heavy (non-hydrogen) atoms. The van der Waals surface area contributed by atoms with Gasteiger partial charge in [-0.15, -0.1) is 0 Å². The number of rotatable bonds is 3. The molecule has 3 aromatic rings. The summed E-state index contributed by atoms with van der Waals surface area (Å²) in [5.74, 6) is 1.27. The van der Waals surface area contributed by atoms with E-state index in [9.17, 15) is 0 Å². The Kier molecular flexibility index (Phi) is 3.31. The van der Waals surface area contributed by atoms with Crippen molar-refractivity contribution in [2.24, 2.45) is 0 Å². The number of hydrogen-bond acceptors (Lipinski definition) is 4. The van der Waals surface area contributed by atoms with Crippen LogP contribution >= 0.6 is 0 Å². The molecule has 0 atom stereocenters. The van der Waals surface area contributed by atoms with Crippen molar-refractivity contribution in [3.63, 3.8) is 0 Å². The van der Waals surface area contributed by atoms with Crippen molar-refractivity contribution in [2.45, 2.75) is 6.92 Å². The molecular formula is C16H16N4O.